The van der Waals surface area contributed by atoms with Crippen molar-refractivity contribution < 1.29 is 4.74 Å². The highest BCUT2D eigenvalue weighted by Gasteiger charge is 2.13. The average molecular weight is 206 g/mol. The predicted octanol–water partition coefficient (Wildman–Crippen LogP) is -0.644. The molecule has 2 aromatic heterocycles. The van der Waals surface area contributed by atoms with E-state index in [0.29, 0.717) is 5.65 Å². The van der Waals surface area contributed by atoms with Gasteiger partial charge in [-0.2, -0.15) is 0 Å². The van der Waals surface area contributed by atoms with Gasteiger partial charge < -0.3 is 9.64 Å². The number of anilines is 1. The third-order valence-electron chi connectivity index (χ3n) is 2.39. The van der Waals surface area contributed by atoms with Crippen LogP contribution in [0.1, 0.15) is 0 Å². The fraction of sp³-hybridized carbons (Fsp3) is 0.500. The van der Waals surface area contributed by atoms with Crippen molar-refractivity contribution in [3.8, 4) is 0 Å². The molecule has 1 aliphatic heterocycles. The molecule has 0 aromatic carbocycles. The zero-order chi connectivity index (χ0) is 10.1. The molecule has 3 heterocycles. The van der Waals surface area contributed by atoms with Crippen molar-refractivity contribution in [3.63, 3.8) is 0 Å². The highest BCUT2D eigenvalue weighted by molar-refractivity contribution is 5.44. The second-order valence-electron chi connectivity index (χ2n) is 3.32. The Labute approximate surface area is 85.6 Å². The van der Waals surface area contributed by atoms with Crippen molar-refractivity contribution >= 4 is 11.5 Å². The Morgan fingerprint density at radius 2 is 2.07 bits per heavy atom. The molecule has 1 aliphatic rings. The number of tetrazole rings is 1. The van der Waals surface area contributed by atoms with Crippen LogP contribution in [0.5, 0.6) is 0 Å². The number of hydrogen-bond donors (Lipinski definition) is 0. The first kappa shape index (κ1) is 8.54. The number of hydrogen-bond acceptors (Lipinski definition) is 6. The number of aromatic nitrogens is 5. The second-order valence-corrected chi connectivity index (χ2v) is 3.32. The zero-order valence-corrected chi connectivity index (χ0v) is 8.07. The molecule has 0 bridgehead atoms. The quantitative estimate of drug-likeness (QED) is 0.618. The Morgan fingerprint density at radius 3 is 2.93 bits per heavy atom. The maximum Gasteiger partial charge on any atom is 0.200 e. The summed E-state index contributed by atoms with van der Waals surface area (Å²) in [6, 6.07) is 3.79. The van der Waals surface area contributed by atoms with Gasteiger partial charge in [0.15, 0.2) is 11.5 Å². The van der Waals surface area contributed by atoms with E-state index in [2.05, 4.69) is 25.5 Å². The maximum atomic E-state index is 5.28. The lowest BCUT2D eigenvalue weighted by atomic mass is 10.4. The van der Waals surface area contributed by atoms with Gasteiger partial charge >= 0.3 is 0 Å². The SMILES string of the molecule is c1cc2nnnn2nc1N1CCOCC1. The molecule has 78 valence electrons. The van der Waals surface area contributed by atoms with Crippen LogP contribution >= 0.6 is 0 Å². The highest BCUT2D eigenvalue weighted by Crippen LogP contribution is 2.11. The number of ether oxygens (including phenoxy) is 1. The molecule has 0 radical (unpaired) electrons. The third kappa shape index (κ3) is 1.50. The molecular formula is C8H10N6O. The Hall–Kier alpha value is -1.76. The normalized spacial score (nSPS) is 17.2. The number of nitrogens with zero attached hydrogens (tertiary/aromatic N) is 6. The number of morpholine rings is 1. The van der Waals surface area contributed by atoms with Crippen LogP contribution in [0.4, 0.5) is 5.82 Å². The van der Waals surface area contributed by atoms with Crippen molar-refractivity contribution in [2.45, 2.75) is 0 Å². The van der Waals surface area contributed by atoms with E-state index in [0.717, 1.165) is 32.1 Å². The van der Waals surface area contributed by atoms with E-state index >= 15 is 0 Å². The third-order valence-corrected chi connectivity index (χ3v) is 2.39. The lowest BCUT2D eigenvalue weighted by Gasteiger charge is -2.27. The Morgan fingerprint density at radius 1 is 1.20 bits per heavy atom. The molecule has 2 aromatic rings. The van der Waals surface area contributed by atoms with Crippen molar-refractivity contribution in [1.29, 1.82) is 0 Å². The number of fused-ring (bicyclic) bond motifs is 1. The molecule has 0 spiro atoms. The largest absolute Gasteiger partial charge is 0.378 e. The maximum absolute atomic E-state index is 5.28. The number of rotatable bonds is 1. The van der Waals surface area contributed by atoms with Crippen molar-refractivity contribution in [1.82, 2.24) is 25.3 Å². The summed E-state index contributed by atoms with van der Waals surface area (Å²) in [4.78, 5) is 2.16. The molecule has 3 rings (SSSR count). The lowest BCUT2D eigenvalue weighted by molar-refractivity contribution is 0.122. The molecule has 0 aliphatic carbocycles. The topological polar surface area (TPSA) is 68.4 Å². The second kappa shape index (κ2) is 3.43. The fourth-order valence-corrected chi connectivity index (χ4v) is 1.60. The lowest BCUT2D eigenvalue weighted by Crippen LogP contribution is -2.37. The first-order valence-electron chi connectivity index (χ1n) is 4.81. The zero-order valence-electron chi connectivity index (χ0n) is 8.07. The van der Waals surface area contributed by atoms with Crippen molar-refractivity contribution in [2.75, 3.05) is 31.2 Å². The molecule has 0 saturated carbocycles. The fourth-order valence-electron chi connectivity index (χ4n) is 1.60. The van der Waals surface area contributed by atoms with Gasteiger partial charge in [-0.3, -0.25) is 0 Å². The van der Waals surface area contributed by atoms with Crippen LogP contribution in [0.25, 0.3) is 5.65 Å². The molecule has 0 amide bonds. The summed E-state index contributed by atoms with van der Waals surface area (Å²) < 4.78 is 6.71. The Balaban J connectivity index is 1.95. The summed E-state index contributed by atoms with van der Waals surface area (Å²) in [5, 5.41) is 15.4. The van der Waals surface area contributed by atoms with Crippen molar-refractivity contribution in [3.05, 3.63) is 12.1 Å². The van der Waals surface area contributed by atoms with Crippen LogP contribution in [0.3, 0.4) is 0 Å². The van der Waals surface area contributed by atoms with Crippen LogP contribution in [-0.4, -0.2) is 51.6 Å². The Bertz CT molecular complexity index is 463. The minimum Gasteiger partial charge on any atom is -0.378 e. The van der Waals surface area contributed by atoms with Gasteiger partial charge in [-0.15, -0.1) is 14.8 Å². The van der Waals surface area contributed by atoms with E-state index in [1.807, 2.05) is 12.1 Å². The Kier molecular flexibility index (Phi) is 1.95. The van der Waals surface area contributed by atoms with Gasteiger partial charge in [-0.1, -0.05) is 0 Å². The molecule has 7 nitrogen and oxygen atoms in total. The van der Waals surface area contributed by atoms with Gasteiger partial charge in [-0.05, 0) is 22.6 Å². The van der Waals surface area contributed by atoms with E-state index < -0.39 is 0 Å². The first-order valence-corrected chi connectivity index (χ1v) is 4.81. The van der Waals surface area contributed by atoms with Gasteiger partial charge in [0.05, 0.1) is 13.2 Å². The molecule has 1 fully saturated rings. The van der Waals surface area contributed by atoms with Gasteiger partial charge in [0.2, 0.25) is 0 Å². The van der Waals surface area contributed by atoms with Crippen LogP contribution in [0.15, 0.2) is 12.1 Å². The van der Waals surface area contributed by atoms with Crippen LogP contribution in [0.2, 0.25) is 0 Å². The van der Waals surface area contributed by atoms with Crippen LogP contribution in [0, 0.1) is 0 Å². The van der Waals surface area contributed by atoms with E-state index in [1.54, 1.807) is 0 Å². The summed E-state index contributed by atoms with van der Waals surface area (Å²) >= 11 is 0. The summed E-state index contributed by atoms with van der Waals surface area (Å²) in [6.45, 7) is 3.21. The predicted molar refractivity (Wildman–Crippen MR) is 51.6 cm³/mol. The van der Waals surface area contributed by atoms with Crippen molar-refractivity contribution in [2.24, 2.45) is 0 Å². The van der Waals surface area contributed by atoms with Gasteiger partial charge in [0.25, 0.3) is 0 Å². The first-order chi connectivity index (χ1) is 7.43. The summed E-state index contributed by atoms with van der Waals surface area (Å²) in [5.41, 5.74) is 0.659. The standard InChI is InChI=1S/C8H10N6O/c1-2-8(13-3-5-15-6-4-13)10-14-7(1)9-11-12-14/h1-2H,3-6H2. The molecule has 15 heavy (non-hydrogen) atoms. The van der Waals surface area contributed by atoms with Gasteiger partial charge in [0, 0.05) is 13.1 Å². The summed E-state index contributed by atoms with van der Waals surface area (Å²) in [6.07, 6.45) is 0. The minimum atomic E-state index is 0.659. The van der Waals surface area contributed by atoms with Crippen LogP contribution < -0.4 is 4.90 Å². The molecule has 1 saturated heterocycles. The van der Waals surface area contributed by atoms with Gasteiger partial charge in [0.1, 0.15) is 0 Å². The van der Waals surface area contributed by atoms with E-state index in [9.17, 15) is 0 Å². The molecule has 0 unspecified atom stereocenters. The minimum absolute atomic E-state index is 0.659. The van der Waals surface area contributed by atoms with E-state index in [4.69, 9.17) is 4.74 Å². The smallest absolute Gasteiger partial charge is 0.200 e. The molecule has 7 heteroatoms. The van der Waals surface area contributed by atoms with Crippen LogP contribution in [-0.2, 0) is 4.74 Å². The molecule has 0 N–H and O–H groups in total. The average Bonchev–Trinajstić information content (AvgIpc) is 2.77. The summed E-state index contributed by atoms with van der Waals surface area (Å²) in [7, 11) is 0. The van der Waals surface area contributed by atoms with E-state index in [1.165, 1.54) is 4.63 Å². The monoisotopic (exact) mass is 206 g/mol. The van der Waals surface area contributed by atoms with E-state index in [-0.39, 0.29) is 0 Å². The molecule has 0 atom stereocenters. The summed E-state index contributed by atoms with van der Waals surface area (Å²) in [5.74, 6) is 0.887. The van der Waals surface area contributed by atoms with Gasteiger partial charge in [-0.25, -0.2) is 0 Å². The highest BCUT2D eigenvalue weighted by atomic mass is 16.5. The molecular weight excluding hydrogens is 196 g/mol.